The van der Waals surface area contributed by atoms with Crippen molar-refractivity contribution in [2.24, 2.45) is 0 Å². The van der Waals surface area contributed by atoms with Crippen molar-refractivity contribution < 1.29 is 0 Å². The van der Waals surface area contributed by atoms with Crippen LogP contribution in [0.5, 0.6) is 0 Å². The maximum atomic E-state index is 10.7. The molecular weight excluding hydrogens is 575 g/mol. The second-order valence-corrected chi connectivity index (χ2v) is 12.7. The number of fused-ring (bicyclic) bond motifs is 6. The van der Waals surface area contributed by atoms with Crippen LogP contribution in [0, 0.1) is 34.0 Å². The van der Waals surface area contributed by atoms with Gasteiger partial charge in [-0.25, -0.2) is 0 Å². The number of benzene rings is 6. The number of rotatable bonds is 3. The predicted octanol–water partition coefficient (Wildman–Crippen LogP) is 11.0. The van der Waals surface area contributed by atoms with Crippen molar-refractivity contribution in [3.63, 3.8) is 0 Å². The van der Waals surface area contributed by atoms with E-state index in [-0.39, 0.29) is 0 Å². The summed E-state index contributed by atoms with van der Waals surface area (Å²) in [5.74, 6) is 0. The third-order valence-corrected chi connectivity index (χ3v) is 10.6. The molecular formula is C39H19N3S2. The molecule has 0 saturated heterocycles. The smallest absolute Gasteiger partial charge is 0.100 e. The number of nitrogens with zero attached hydrogens (tertiary/aromatic N) is 3. The van der Waals surface area contributed by atoms with E-state index in [9.17, 15) is 15.8 Å². The van der Waals surface area contributed by atoms with E-state index >= 15 is 0 Å². The third-order valence-electron chi connectivity index (χ3n) is 8.22. The van der Waals surface area contributed by atoms with Crippen molar-refractivity contribution in [3.05, 3.63) is 132 Å². The van der Waals surface area contributed by atoms with Crippen molar-refractivity contribution in [1.82, 2.24) is 0 Å². The summed E-state index contributed by atoms with van der Waals surface area (Å²) in [6, 6.07) is 45.6. The van der Waals surface area contributed by atoms with Crippen molar-refractivity contribution in [3.8, 4) is 51.6 Å². The van der Waals surface area contributed by atoms with Gasteiger partial charge in [0.1, 0.15) is 12.1 Å². The maximum Gasteiger partial charge on any atom is 0.100 e. The standard InChI is InChI=1S/C39H19N3S2/c40-20-23-7-5-8-25(17-23)38-33(21-41)31(24-15-16-28-26-9-1-3-13-35(26)43-37(28)18-24)19-32(34(38)22-42)30-12-6-11-29-27-10-2-4-14-36(27)44-39(29)30/h1-19H. The second-order valence-electron chi connectivity index (χ2n) is 10.6. The molecule has 0 aliphatic carbocycles. The average Bonchev–Trinajstić information content (AvgIpc) is 3.65. The Labute approximate surface area is 261 Å². The summed E-state index contributed by atoms with van der Waals surface area (Å²) in [7, 11) is 0. The summed E-state index contributed by atoms with van der Waals surface area (Å²) in [4.78, 5) is 0. The summed E-state index contributed by atoms with van der Waals surface area (Å²) in [5, 5.41) is 35.9. The Hall–Kier alpha value is -5.77. The van der Waals surface area contributed by atoms with Crippen LogP contribution in [-0.2, 0) is 0 Å². The minimum Gasteiger partial charge on any atom is -0.192 e. The van der Waals surface area contributed by atoms with Crippen LogP contribution < -0.4 is 0 Å². The molecule has 0 atom stereocenters. The van der Waals surface area contributed by atoms with Gasteiger partial charge in [-0.1, -0.05) is 78.9 Å². The molecule has 0 fully saturated rings. The largest absolute Gasteiger partial charge is 0.192 e. The first-order valence-electron chi connectivity index (χ1n) is 14.0. The molecule has 0 bridgehead atoms. The fraction of sp³-hybridized carbons (Fsp3) is 0. The van der Waals surface area contributed by atoms with E-state index in [1.807, 2.05) is 30.3 Å². The van der Waals surface area contributed by atoms with E-state index in [1.54, 1.807) is 40.9 Å². The first-order chi connectivity index (χ1) is 21.7. The molecule has 0 N–H and O–H groups in total. The molecule has 0 aliphatic heterocycles. The van der Waals surface area contributed by atoms with Crippen molar-refractivity contribution in [1.29, 1.82) is 15.8 Å². The Morgan fingerprint density at radius 3 is 1.86 bits per heavy atom. The number of hydrogen-bond acceptors (Lipinski definition) is 5. The van der Waals surface area contributed by atoms with Gasteiger partial charge in [-0.05, 0) is 47.5 Å². The van der Waals surface area contributed by atoms with Crippen molar-refractivity contribution in [2.45, 2.75) is 0 Å². The normalized spacial score (nSPS) is 11.1. The molecule has 0 unspecified atom stereocenters. The minimum atomic E-state index is 0.421. The van der Waals surface area contributed by atoms with Gasteiger partial charge in [-0.2, -0.15) is 15.8 Å². The highest BCUT2D eigenvalue weighted by molar-refractivity contribution is 7.26. The topological polar surface area (TPSA) is 71.4 Å². The first kappa shape index (κ1) is 25.9. The fourth-order valence-corrected chi connectivity index (χ4v) is 8.62. The van der Waals surface area contributed by atoms with E-state index in [1.165, 1.54) is 25.6 Å². The van der Waals surface area contributed by atoms with Crippen LogP contribution in [0.25, 0.3) is 73.7 Å². The zero-order valence-electron chi connectivity index (χ0n) is 23.1. The Bertz CT molecular complexity index is 2600. The van der Waals surface area contributed by atoms with Gasteiger partial charge in [0.05, 0.1) is 22.8 Å². The summed E-state index contributed by atoms with van der Waals surface area (Å²) in [6.45, 7) is 0. The Balaban J connectivity index is 1.49. The third kappa shape index (κ3) is 3.91. The lowest BCUT2D eigenvalue weighted by atomic mass is 9.83. The molecule has 0 radical (unpaired) electrons. The van der Waals surface area contributed by atoms with Crippen LogP contribution in [0.2, 0.25) is 0 Å². The van der Waals surface area contributed by atoms with E-state index in [0.29, 0.717) is 27.8 Å². The number of thiophene rings is 2. The molecule has 3 nitrogen and oxygen atoms in total. The molecule has 8 aromatic rings. The van der Waals surface area contributed by atoms with E-state index in [2.05, 4.69) is 84.9 Å². The average molecular weight is 594 g/mol. The molecule has 0 amide bonds. The van der Waals surface area contributed by atoms with E-state index < -0.39 is 0 Å². The van der Waals surface area contributed by atoms with Crippen LogP contribution in [0.1, 0.15) is 16.7 Å². The molecule has 0 spiro atoms. The molecule has 44 heavy (non-hydrogen) atoms. The lowest BCUT2D eigenvalue weighted by Gasteiger charge is -2.17. The van der Waals surface area contributed by atoms with E-state index in [4.69, 9.17) is 0 Å². The SMILES string of the molecule is N#Cc1cccc(-c2c(C#N)c(-c3ccc4c(c3)sc3ccccc34)cc(-c3cccc4c3sc3ccccc34)c2C#N)c1. The van der Waals surface area contributed by atoms with Gasteiger partial charge in [-0.15, -0.1) is 22.7 Å². The highest BCUT2D eigenvalue weighted by atomic mass is 32.1. The summed E-state index contributed by atoms with van der Waals surface area (Å²) >= 11 is 3.44. The van der Waals surface area contributed by atoms with Gasteiger partial charge in [0, 0.05) is 62.6 Å². The summed E-state index contributed by atoms with van der Waals surface area (Å²) in [6.07, 6.45) is 0. The van der Waals surface area contributed by atoms with Crippen LogP contribution in [0.3, 0.4) is 0 Å². The Morgan fingerprint density at radius 1 is 0.432 bits per heavy atom. The molecule has 0 saturated carbocycles. The molecule has 5 heteroatoms. The summed E-state index contributed by atoms with van der Waals surface area (Å²) < 4.78 is 4.63. The van der Waals surface area contributed by atoms with Crippen molar-refractivity contribution in [2.75, 3.05) is 0 Å². The van der Waals surface area contributed by atoms with Gasteiger partial charge < -0.3 is 0 Å². The van der Waals surface area contributed by atoms with Gasteiger partial charge >= 0.3 is 0 Å². The molecule has 0 aliphatic rings. The van der Waals surface area contributed by atoms with Crippen LogP contribution in [-0.4, -0.2) is 0 Å². The molecule has 6 aromatic carbocycles. The first-order valence-corrected chi connectivity index (χ1v) is 15.7. The van der Waals surface area contributed by atoms with Gasteiger partial charge in [0.2, 0.25) is 0 Å². The van der Waals surface area contributed by atoms with Gasteiger partial charge in [0.25, 0.3) is 0 Å². The lowest BCUT2D eigenvalue weighted by molar-refractivity contribution is 1.43. The highest BCUT2D eigenvalue weighted by Gasteiger charge is 2.24. The zero-order chi connectivity index (χ0) is 29.8. The van der Waals surface area contributed by atoms with Crippen LogP contribution >= 0.6 is 22.7 Å². The maximum absolute atomic E-state index is 10.7. The highest BCUT2D eigenvalue weighted by Crippen LogP contribution is 2.46. The zero-order valence-corrected chi connectivity index (χ0v) is 24.8. The molecule has 202 valence electrons. The fourth-order valence-electron chi connectivity index (χ4n) is 6.24. The lowest BCUT2D eigenvalue weighted by Crippen LogP contribution is -1.98. The number of nitriles is 3. The van der Waals surface area contributed by atoms with Crippen molar-refractivity contribution >= 4 is 63.0 Å². The van der Waals surface area contributed by atoms with Gasteiger partial charge in [-0.3, -0.25) is 0 Å². The Kier molecular flexibility index (Phi) is 6.00. The molecule has 8 rings (SSSR count). The molecule has 2 heterocycles. The number of hydrogen-bond donors (Lipinski definition) is 0. The predicted molar refractivity (Wildman–Crippen MR) is 183 cm³/mol. The monoisotopic (exact) mass is 593 g/mol. The van der Waals surface area contributed by atoms with Crippen LogP contribution in [0.15, 0.2) is 115 Å². The Morgan fingerprint density at radius 2 is 1.09 bits per heavy atom. The quantitative estimate of drug-likeness (QED) is 0.205. The van der Waals surface area contributed by atoms with Gasteiger partial charge in [0.15, 0.2) is 0 Å². The second kappa shape index (κ2) is 10.2. The van der Waals surface area contributed by atoms with E-state index in [0.717, 1.165) is 37.0 Å². The molecule has 2 aromatic heterocycles. The summed E-state index contributed by atoms with van der Waals surface area (Å²) in [5.41, 5.74) is 5.93. The minimum absolute atomic E-state index is 0.421. The van der Waals surface area contributed by atoms with Crippen LogP contribution in [0.4, 0.5) is 0 Å².